The molecule has 0 radical (unpaired) electrons. The van der Waals surface area contributed by atoms with E-state index in [-0.39, 0.29) is 12.5 Å². The maximum absolute atomic E-state index is 11.6. The van der Waals surface area contributed by atoms with Crippen LogP contribution >= 0.6 is 15.9 Å². The van der Waals surface area contributed by atoms with Crippen LogP contribution in [0.25, 0.3) is 0 Å². The highest BCUT2D eigenvalue weighted by molar-refractivity contribution is 9.10. The van der Waals surface area contributed by atoms with Crippen LogP contribution in [0.1, 0.15) is 0 Å². The number of methoxy groups -OCH3 is 2. The summed E-state index contributed by atoms with van der Waals surface area (Å²) in [5.74, 6) is 0.582. The van der Waals surface area contributed by atoms with Crippen molar-refractivity contribution in [3.8, 4) is 5.75 Å². The molecule has 18 heavy (non-hydrogen) atoms. The highest BCUT2D eigenvalue weighted by Crippen LogP contribution is 2.24. The molecule has 6 heteroatoms. The molecule has 0 spiro atoms. The lowest BCUT2D eigenvalue weighted by molar-refractivity contribution is -0.115. The number of halogens is 1. The van der Waals surface area contributed by atoms with Crippen LogP contribution in [0, 0.1) is 0 Å². The molecule has 0 heterocycles. The highest BCUT2D eigenvalue weighted by Gasteiger charge is 2.04. The summed E-state index contributed by atoms with van der Waals surface area (Å²) in [7, 11) is 3.20. The van der Waals surface area contributed by atoms with E-state index in [1.54, 1.807) is 20.3 Å². The van der Waals surface area contributed by atoms with Crippen molar-refractivity contribution in [2.45, 2.75) is 0 Å². The number of benzene rings is 1. The Labute approximate surface area is 115 Å². The Kier molecular flexibility index (Phi) is 6.70. The molecular weight excluding hydrogens is 300 g/mol. The van der Waals surface area contributed by atoms with Crippen LogP contribution in [0.4, 0.5) is 5.69 Å². The van der Waals surface area contributed by atoms with Gasteiger partial charge in [0.1, 0.15) is 5.75 Å². The molecule has 1 rings (SSSR count). The number of rotatable bonds is 7. The molecule has 1 aromatic rings. The van der Waals surface area contributed by atoms with Crippen molar-refractivity contribution in [2.24, 2.45) is 0 Å². The number of ether oxygens (including phenoxy) is 2. The van der Waals surface area contributed by atoms with Gasteiger partial charge in [0.05, 0.1) is 20.3 Å². The highest BCUT2D eigenvalue weighted by atomic mass is 79.9. The Morgan fingerprint density at radius 2 is 2.11 bits per heavy atom. The summed E-state index contributed by atoms with van der Waals surface area (Å²) in [6.07, 6.45) is 0. The molecule has 0 saturated heterocycles. The number of anilines is 1. The fourth-order valence-corrected chi connectivity index (χ4v) is 1.81. The third-order valence-electron chi connectivity index (χ3n) is 2.16. The molecule has 100 valence electrons. The smallest absolute Gasteiger partial charge is 0.238 e. The third kappa shape index (κ3) is 5.48. The Balaban J connectivity index is 2.46. The summed E-state index contributed by atoms with van der Waals surface area (Å²) in [6, 6.07) is 5.40. The van der Waals surface area contributed by atoms with Crippen LogP contribution in [0.3, 0.4) is 0 Å². The molecule has 1 amide bonds. The summed E-state index contributed by atoms with van der Waals surface area (Å²) < 4.78 is 10.8. The van der Waals surface area contributed by atoms with E-state index in [0.717, 1.165) is 4.47 Å². The average molecular weight is 317 g/mol. The molecule has 0 bridgehead atoms. The van der Waals surface area contributed by atoms with E-state index in [0.29, 0.717) is 24.6 Å². The first kappa shape index (κ1) is 14.9. The van der Waals surface area contributed by atoms with Crippen molar-refractivity contribution in [1.29, 1.82) is 0 Å². The molecule has 0 fully saturated rings. The van der Waals surface area contributed by atoms with E-state index in [2.05, 4.69) is 26.6 Å². The number of hydrogen-bond acceptors (Lipinski definition) is 4. The summed E-state index contributed by atoms with van der Waals surface area (Å²) in [6.45, 7) is 1.47. The van der Waals surface area contributed by atoms with E-state index in [1.807, 2.05) is 12.1 Å². The van der Waals surface area contributed by atoms with Gasteiger partial charge in [-0.05, 0) is 12.1 Å². The topological polar surface area (TPSA) is 59.6 Å². The Hall–Kier alpha value is -1.11. The van der Waals surface area contributed by atoms with Gasteiger partial charge in [-0.2, -0.15) is 0 Å². The van der Waals surface area contributed by atoms with E-state index in [1.165, 1.54) is 0 Å². The second kappa shape index (κ2) is 8.07. The first-order chi connectivity index (χ1) is 8.65. The molecule has 1 aromatic carbocycles. The standard InChI is InChI=1S/C12H17BrN2O3/c1-17-4-3-14-8-12(16)15-10-5-9(13)6-11(7-10)18-2/h5-7,14H,3-4,8H2,1-2H3,(H,15,16). The van der Waals surface area contributed by atoms with E-state index >= 15 is 0 Å². The van der Waals surface area contributed by atoms with Crippen molar-refractivity contribution < 1.29 is 14.3 Å². The van der Waals surface area contributed by atoms with Crippen LogP contribution in [-0.4, -0.2) is 39.8 Å². The van der Waals surface area contributed by atoms with Gasteiger partial charge < -0.3 is 20.1 Å². The third-order valence-corrected chi connectivity index (χ3v) is 2.62. The monoisotopic (exact) mass is 316 g/mol. The zero-order valence-electron chi connectivity index (χ0n) is 10.5. The van der Waals surface area contributed by atoms with Gasteiger partial charge in [-0.15, -0.1) is 0 Å². The number of hydrogen-bond donors (Lipinski definition) is 2. The minimum Gasteiger partial charge on any atom is -0.497 e. The Morgan fingerprint density at radius 3 is 2.78 bits per heavy atom. The lowest BCUT2D eigenvalue weighted by atomic mass is 10.3. The van der Waals surface area contributed by atoms with E-state index < -0.39 is 0 Å². The molecule has 0 unspecified atom stereocenters. The molecule has 0 atom stereocenters. The predicted octanol–water partition coefficient (Wildman–Crippen LogP) is 1.63. The van der Waals surface area contributed by atoms with Crippen LogP contribution < -0.4 is 15.4 Å². The molecule has 2 N–H and O–H groups in total. The minimum atomic E-state index is -0.105. The number of carbonyl (C=O) groups is 1. The van der Waals surface area contributed by atoms with Gasteiger partial charge in [0.2, 0.25) is 5.91 Å². The maximum Gasteiger partial charge on any atom is 0.238 e. The summed E-state index contributed by atoms with van der Waals surface area (Å²) in [5.41, 5.74) is 0.694. The summed E-state index contributed by atoms with van der Waals surface area (Å²) in [5, 5.41) is 5.75. The Morgan fingerprint density at radius 1 is 1.33 bits per heavy atom. The SMILES string of the molecule is COCCNCC(=O)Nc1cc(Br)cc(OC)c1. The van der Waals surface area contributed by atoms with Crippen LogP contribution in [-0.2, 0) is 9.53 Å². The molecular formula is C12H17BrN2O3. The largest absolute Gasteiger partial charge is 0.497 e. The number of nitrogens with one attached hydrogen (secondary N) is 2. The normalized spacial score (nSPS) is 10.2. The van der Waals surface area contributed by atoms with Gasteiger partial charge in [0, 0.05) is 29.9 Å². The zero-order chi connectivity index (χ0) is 13.4. The Bertz CT molecular complexity index is 399. The van der Waals surface area contributed by atoms with Gasteiger partial charge in [-0.3, -0.25) is 4.79 Å². The van der Waals surface area contributed by atoms with Crippen molar-refractivity contribution in [1.82, 2.24) is 5.32 Å². The molecule has 5 nitrogen and oxygen atoms in total. The first-order valence-corrected chi connectivity index (χ1v) is 6.29. The lowest BCUT2D eigenvalue weighted by Crippen LogP contribution is -2.30. The van der Waals surface area contributed by atoms with Gasteiger partial charge in [0.25, 0.3) is 0 Å². The molecule has 0 aliphatic rings. The fraction of sp³-hybridized carbons (Fsp3) is 0.417. The van der Waals surface area contributed by atoms with Crippen molar-refractivity contribution in [3.63, 3.8) is 0 Å². The van der Waals surface area contributed by atoms with Gasteiger partial charge >= 0.3 is 0 Å². The van der Waals surface area contributed by atoms with Crippen molar-refractivity contribution in [2.75, 3.05) is 39.2 Å². The quantitative estimate of drug-likeness (QED) is 0.751. The van der Waals surface area contributed by atoms with Crippen molar-refractivity contribution in [3.05, 3.63) is 22.7 Å². The molecule has 0 aromatic heterocycles. The second-order valence-corrected chi connectivity index (χ2v) is 4.51. The fourth-order valence-electron chi connectivity index (χ4n) is 1.33. The maximum atomic E-state index is 11.6. The minimum absolute atomic E-state index is 0.105. The average Bonchev–Trinajstić information content (AvgIpc) is 2.34. The molecule has 0 saturated carbocycles. The second-order valence-electron chi connectivity index (χ2n) is 3.60. The van der Waals surface area contributed by atoms with E-state index in [4.69, 9.17) is 9.47 Å². The van der Waals surface area contributed by atoms with Crippen LogP contribution in [0.15, 0.2) is 22.7 Å². The zero-order valence-corrected chi connectivity index (χ0v) is 12.0. The lowest BCUT2D eigenvalue weighted by Gasteiger charge is -2.08. The number of amides is 1. The number of carbonyl (C=O) groups excluding carboxylic acids is 1. The van der Waals surface area contributed by atoms with E-state index in [9.17, 15) is 4.79 Å². The van der Waals surface area contributed by atoms with Crippen molar-refractivity contribution >= 4 is 27.5 Å². The van der Waals surface area contributed by atoms with Gasteiger partial charge in [-0.25, -0.2) is 0 Å². The molecule has 0 aliphatic carbocycles. The first-order valence-electron chi connectivity index (χ1n) is 5.50. The predicted molar refractivity (Wildman–Crippen MR) is 74.1 cm³/mol. The molecule has 0 aliphatic heterocycles. The van der Waals surface area contributed by atoms with Gasteiger partial charge in [0.15, 0.2) is 0 Å². The van der Waals surface area contributed by atoms with Crippen LogP contribution in [0.2, 0.25) is 0 Å². The van der Waals surface area contributed by atoms with Crippen LogP contribution in [0.5, 0.6) is 5.75 Å². The van der Waals surface area contributed by atoms with Gasteiger partial charge in [-0.1, -0.05) is 15.9 Å². The summed E-state index contributed by atoms with van der Waals surface area (Å²) >= 11 is 3.35. The summed E-state index contributed by atoms with van der Waals surface area (Å²) in [4.78, 5) is 11.6.